The molecule has 0 atom stereocenters. The van der Waals surface area contributed by atoms with Crippen LogP contribution in [0.5, 0.6) is 0 Å². The fourth-order valence-electron chi connectivity index (χ4n) is 3.44. The average Bonchev–Trinajstić information content (AvgIpc) is 2.59. The van der Waals surface area contributed by atoms with Crippen LogP contribution in [-0.4, -0.2) is 14.2 Å². The molecule has 0 amide bonds. The van der Waals surface area contributed by atoms with E-state index in [1.165, 1.54) is 64.2 Å². The second-order valence-electron chi connectivity index (χ2n) is 6.83. The SMILES string of the molecule is O=S(=O)(CCC1CCCCCCCCCC1)c1ccc(Br)cc1. The highest BCUT2D eigenvalue weighted by atomic mass is 79.9. The van der Waals surface area contributed by atoms with Crippen LogP contribution < -0.4 is 0 Å². The molecular weight excluding hydrogens is 372 g/mol. The summed E-state index contributed by atoms with van der Waals surface area (Å²) >= 11 is 3.36. The Morgan fingerprint density at radius 2 is 1.30 bits per heavy atom. The number of sulfone groups is 1. The molecule has 2 nitrogen and oxygen atoms in total. The quantitative estimate of drug-likeness (QED) is 0.607. The molecule has 0 bridgehead atoms. The Bertz CT molecular complexity index is 539. The van der Waals surface area contributed by atoms with Gasteiger partial charge in [-0.05, 0) is 36.6 Å². The molecule has 0 saturated heterocycles. The summed E-state index contributed by atoms with van der Waals surface area (Å²) in [6, 6.07) is 7.02. The van der Waals surface area contributed by atoms with Crippen molar-refractivity contribution in [3.8, 4) is 0 Å². The first kappa shape index (κ1) is 19.0. The van der Waals surface area contributed by atoms with Crippen molar-refractivity contribution in [3.05, 3.63) is 28.7 Å². The van der Waals surface area contributed by atoms with E-state index in [0.29, 0.717) is 16.6 Å². The molecule has 1 fully saturated rings. The van der Waals surface area contributed by atoms with Crippen molar-refractivity contribution in [3.63, 3.8) is 0 Å². The summed E-state index contributed by atoms with van der Waals surface area (Å²) in [4.78, 5) is 0.456. The summed E-state index contributed by atoms with van der Waals surface area (Å²) in [6.45, 7) is 0. The van der Waals surface area contributed by atoms with Gasteiger partial charge in [0.1, 0.15) is 0 Å². The molecule has 0 N–H and O–H groups in total. The van der Waals surface area contributed by atoms with E-state index < -0.39 is 9.84 Å². The summed E-state index contributed by atoms with van der Waals surface area (Å²) < 4.78 is 25.9. The fourth-order valence-corrected chi connectivity index (χ4v) is 5.14. The monoisotopic (exact) mass is 400 g/mol. The first-order chi connectivity index (χ1) is 11.1. The van der Waals surface area contributed by atoms with Gasteiger partial charge in [0.15, 0.2) is 9.84 Å². The normalized spacial score (nSPS) is 19.2. The van der Waals surface area contributed by atoms with E-state index in [1.807, 2.05) is 0 Å². The van der Waals surface area contributed by atoms with Crippen LogP contribution in [0.1, 0.15) is 70.6 Å². The van der Waals surface area contributed by atoms with Gasteiger partial charge in [0, 0.05) is 4.47 Å². The van der Waals surface area contributed by atoms with Gasteiger partial charge in [-0.3, -0.25) is 0 Å². The van der Waals surface area contributed by atoms with Gasteiger partial charge < -0.3 is 0 Å². The van der Waals surface area contributed by atoms with Crippen LogP contribution in [-0.2, 0) is 9.84 Å². The maximum atomic E-state index is 12.5. The Morgan fingerprint density at radius 1 is 0.826 bits per heavy atom. The average molecular weight is 401 g/mol. The van der Waals surface area contributed by atoms with Crippen molar-refractivity contribution in [2.24, 2.45) is 5.92 Å². The van der Waals surface area contributed by atoms with Crippen LogP contribution in [0.15, 0.2) is 33.6 Å². The van der Waals surface area contributed by atoms with Gasteiger partial charge in [-0.25, -0.2) is 8.42 Å². The van der Waals surface area contributed by atoms with E-state index in [-0.39, 0.29) is 0 Å². The van der Waals surface area contributed by atoms with Crippen molar-refractivity contribution in [2.75, 3.05) is 5.75 Å². The molecule has 23 heavy (non-hydrogen) atoms. The van der Waals surface area contributed by atoms with Gasteiger partial charge >= 0.3 is 0 Å². The minimum Gasteiger partial charge on any atom is -0.224 e. The molecule has 2 rings (SSSR count). The highest BCUT2D eigenvalue weighted by molar-refractivity contribution is 9.10. The Morgan fingerprint density at radius 3 is 1.83 bits per heavy atom. The summed E-state index contributed by atoms with van der Waals surface area (Å²) in [5.41, 5.74) is 0. The largest absolute Gasteiger partial charge is 0.224 e. The zero-order valence-electron chi connectivity index (χ0n) is 14.0. The van der Waals surface area contributed by atoms with Gasteiger partial charge in [-0.15, -0.1) is 0 Å². The lowest BCUT2D eigenvalue weighted by molar-refractivity contribution is 0.402. The number of hydrogen-bond acceptors (Lipinski definition) is 2. The lowest BCUT2D eigenvalue weighted by atomic mass is 9.93. The van der Waals surface area contributed by atoms with Crippen LogP contribution >= 0.6 is 15.9 Å². The second-order valence-corrected chi connectivity index (χ2v) is 9.86. The lowest BCUT2D eigenvalue weighted by Gasteiger charge is -2.16. The second kappa shape index (κ2) is 9.83. The van der Waals surface area contributed by atoms with Crippen LogP contribution in [0.25, 0.3) is 0 Å². The molecule has 0 radical (unpaired) electrons. The van der Waals surface area contributed by atoms with E-state index >= 15 is 0 Å². The zero-order valence-corrected chi connectivity index (χ0v) is 16.4. The smallest absolute Gasteiger partial charge is 0.178 e. The molecule has 0 aromatic heterocycles. The molecule has 0 aliphatic heterocycles. The molecule has 1 aromatic rings. The zero-order chi connectivity index (χ0) is 16.5. The minimum absolute atomic E-state index is 0.291. The molecule has 0 unspecified atom stereocenters. The van der Waals surface area contributed by atoms with Crippen LogP contribution in [0.2, 0.25) is 0 Å². The third kappa shape index (κ3) is 6.96. The van der Waals surface area contributed by atoms with Gasteiger partial charge in [0.2, 0.25) is 0 Å². The Balaban J connectivity index is 1.89. The van der Waals surface area contributed by atoms with E-state index in [0.717, 1.165) is 10.9 Å². The number of halogens is 1. The van der Waals surface area contributed by atoms with Crippen molar-refractivity contribution < 1.29 is 8.42 Å². The van der Waals surface area contributed by atoms with E-state index in [1.54, 1.807) is 24.3 Å². The molecule has 1 saturated carbocycles. The lowest BCUT2D eigenvalue weighted by Crippen LogP contribution is -2.12. The standard InChI is InChI=1S/C19H29BrO2S/c20-18-11-13-19(14-12-18)23(21,22)16-15-17-9-7-5-3-1-2-4-6-8-10-17/h11-14,17H,1-10,15-16H2. The van der Waals surface area contributed by atoms with Gasteiger partial charge in [-0.2, -0.15) is 0 Å². The summed E-state index contributed by atoms with van der Waals surface area (Å²) in [7, 11) is -3.14. The van der Waals surface area contributed by atoms with Crippen LogP contribution in [0.3, 0.4) is 0 Å². The third-order valence-electron chi connectivity index (χ3n) is 4.94. The Kier molecular flexibility index (Phi) is 8.11. The third-order valence-corrected chi connectivity index (χ3v) is 7.23. The molecule has 130 valence electrons. The van der Waals surface area contributed by atoms with Crippen molar-refractivity contribution in [2.45, 2.75) is 75.5 Å². The van der Waals surface area contributed by atoms with Gasteiger partial charge in [0.05, 0.1) is 10.6 Å². The molecular formula is C19H29BrO2S. The maximum absolute atomic E-state index is 12.5. The van der Waals surface area contributed by atoms with Crippen molar-refractivity contribution in [1.29, 1.82) is 0 Å². The number of rotatable bonds is 4. The Hall–Kier alpha value is -0.350. The molecule has 0 heterocycles. The van der Waals surface area contributed by atoms with Crippen LogP contribution in [0, 0.1) is 5.92 Å². The number of benzene rings is 1. The summed E-state index contributed by atoms with van der Waals surface area (Å²) in [5, 5.41) is 0. The topological polar surface area (TPSA) is 34.1 Å². The summed E-state index contributed by atoms with van der Waals surface area (Å²) in [5.74, 6) is 0.873. The predicted octanol–water partition coefficient (Wildman–Crippen LogP) is 6.14. The van der Waals surface area contributed by atoms with E-state index in [9.17, 15) is 8.42 Å². The van der Waals surface area contributed by atoms with E-state index in [2.05, 4.69) is 15.9 Å². The molecule has 4 heteroatoms. The molecule has 0 spiro atoms. The maximum Gasteiger partial charge on any atom is 0.178 e. The van der Waals surface area contributed by atoms with E-state index in [4.69, 9.17) is 0 Å². The van der Waals surface area contributed by atoms with Crippen LogP contribution in [0.4, 0.5) is 0 Å². The van der Waals surface area contributed by atoms with Gasteiger partial charge in [-0.1, -0.05) is 80.1 Å². The Labute approximate surface area is 150 Å². The number of hydrogen-bond donors (Lipinski definition) is 0. The first-order valence-electron chi connectivity index (χ1n) is 9.06. The fraction of sp³-hybridized carbons (Fsp3) is 0.684. The first-order valence-corrected chi connectivity index (χ1v) is 11.5. The molecule has 1 aromatic carbocycles. The van der Waals surface area contributed by atoms with Crippen molar-refractivity contribution >= 4 is 25.8 Å². The van der Waals surface area contributed by atoms with Crippen molar-refractivity contribution in [1.82, 2.24) is 0 Å². The molecule has 1 aliphatic carbocycles. The highest BCUT2D eigenvalue weighted by Crippen LogP contribution is 2.25. The minimum atomic E-state index is -3.14. The highest BCUT2D eigenvalue weighted by Gasteiger charge is 2.18. The summed E-state index contributed by atoms with van der Waals surface area (Å²) in [6.07, 6.45) is 13.8. The van der Waals surface area contributed by atoms with Gasteiger partial charge in [0.25, 0.3) is 0 Å². The predicted molar refractivity (Wildman–Crippen MR) is 100 cm³/mol. The molecule has 1 aliphatic rings.